The summed E-state index contributed by atoms with van der Waals surface area (Å²) in [6.07, 6.45) is 6.70. The van der Waals surface area contributed by atoms with Crippen molar-refractivity contribution in [2.24, 2.45) is 0 Å². The van der Waals surface area contributed by atoms with Crippen molar-refractivity contribution in [3.63, 3.8) is 0 Å². The molecule has 2 aromatic carbocycles. The molecule has 2 heterocycles. The maximum absolute atomic E-state index is 9.73. The van der Waals surface area contributed by atoms with Crippen molar-refractivity contribution in [3.05, 3.63) is 48.4 Å². The maximum atomic E-state index is 9.73. The van der Waals surface area contributed by atoms with Crippen LogP contribution in [-0.2, 0) is 0 Å². The van der Waals surface area contributed by atoms with E-state index in [0.29, 0.717) is 5.95 Å². The summed E-state index contributed by atoms with van der Waals surface area (Å²) in [5.41, 5.74) is 4.68. The highest BCUT2D eigenvalue weighted by Crippen LogP contribution is 2.30. The van der Waals surface area contributed by atoms with Crippen LogP contribution >= 0.6 is 0 Å². The molecule has 0 radical (unpaired) electrons. The second-order valence-electron chi connectivity index (χ2n) is 7.65. The fourth-order valence-corrected chi connectivity index (χ4v) is 3.87. The average molecular weight is 389 g/mol. The van der Waals surface area contributed by atoms with Gasteiger partial charge >= 0.3 is 0 Å². The number of nitrogens with one attached hydrogen (secondary N) is 2. The minimum Gasteiger partial charge on any atom is -0.488 e. The van der Waals surface area contributed by atoms with Gasteiger partial charge in [0.05, 0.1) is 29.6 Å². The molecular formula is C22H23N5O2. The number of anilines is 2. The first kappa shape index (κ1) is 17.9. The Morgan fingerprint density at radius 1 is 1.14 bits per heavy atom. The third-order valence-corrected chi connectivity index (χ3v) is 5.52. The third kappa shape index (κ3) is 3.61. The van der Waals surface area contributed by atoms with Gasteiger partial charge < -0.3 is 20.1 Å². The van der Waals surface area contributed by atoms with E-state index >= 15 is 0 Å². The van der Waals surface area contributed by atoms with E-state index in [2.05, 4.69) is 20.3 Å². The number of aryl methyl sites for hydroxylation is 1. The summed E-state index contributed by atoms with van der Waals surface area (Å²) >= 11 is 0. The minimum absolute atomic E-state index is 0.111. The Balaban J connectivity index is 1.45. The number of nitrogens with zero attached hydrogens (tertiary/aromatic N) is 3. The number of aromatic amines is 1. The van der Waals surface area contributed by atoms with Crippen molar-refractivity contribution in [1.82, 2.24) is 19.9 Å². The van der Waals surface area contributed by atoms with Gasteiger partial charge in [0.2, 0.25) is 5.95 Å². The summed E-state index contributed by atoms with van der Waals surface area (Å²) in [7, 11) is 0. The lowest BCUT2D eigenvalue weighted by Crippen LogP contribution is -2.26. The molecule has 7 nitrogen and oxygen atoms in total. The van der Waals surface area contributed by atoms with Crippen molar-refractivity contribution >= 4 is 33.6 Å². The molecule has 0 atom stereocenters. The number of aliphatic hydroxyl groups is 1. The monoisotopic (exact) mass is 389 g/mol. The molecule has 0 bridgehead atoms. The van der Waals surface area contributed by atoms with Crippen LogP contribution in [0.2, 0.25) is 0 Å². The molecule has 0 saturated heterocycles. The normalized spacial score (nSPS) is 19.5. The maximum Gasteiger partial charge on any atom is 0.227 e. The van der Waals surface area contributed by atoms with Crippen LogP contribution in [0.15, 0.2) is 42.9 Å². The Morgan fingerprint density at radius 2 is 2.00 bits per heavy atom. The Morgan fingerprint density at radius 3 is 2.86 bits per heavy atom. The molecule has 1 fully saturated rings. The molecule has 4 aromatic rings. The second kappa shape index (κ2) is 7.33. The van der Waals surface area contributed by atoms with E-state index in [0.717, 1.165) is 64.6 Å². The van der Waals surface area contributed by atoms with Gasteiger partial charge in [-0.3, -0.25) is 0 Å². The number of H-pyrrole nitrogens is 1. The molecule has 1 saturated carbocycles. The van der Waals surface area contributed by atoms with Crippen LogP contribution < -0.4 is 10.1 Å². The zero-order valence-electron chi connectivity index (χ0n) is 16.2. The van der Waals surface area contributed by atoms with Gasteiger partial charge in [0.15, 0.2) is 0 Å². The first-order valence-corrected chi connectivity index (χ1v) is 9.97. The van der Waals surface area contributed by atoms with E-state index in [1.54, 1.807) is 6.33 Å². The molecule has 0 amide bonds. The SMILES string of the molecule is Cc1cc2nc[nH]c2cc1Nc1ncc2cccc(O[C@H]3CC[C@@H](O)CC3)c2n1. The molecule has 29 heavy (non-hydrogen) atoms. The number of para-hydroxylation sites is 1. The minimum atomic E-state index is -0.198. The first-order valence-electron chi connectivity index (χ1n) is 9.97. The van der Waals surface area contributed by atoms with Crippen LogP contribution in [-0.4, -0.2) is 37.3 Å². The molecular weight excluding hydrogens is 366 g/mol. The van der Waals surface area contributed by atoms with Crippen molar-refractivity contribution in [3.8, 4) is 5.75 Å². The Labute approximate surface area is 168 Å². The highest BCUT2D eigenvalue weighted by atomic mass is 16.5. The number of fused-ring (bicyclic) bond motifs is 2. The zero-order chi connectivity index (χ0) is 19.8. The lowest BCUT2D eigenvalue weighted by atomic mass is 9.95. The number of hydrogen-bond acceptors (Lipinski definition) is 6. The molecule has 0 spiro atoms. The molecule has 1 aliphatic rings. The molecule has 1 aliphatic carbocycles. The van der Waals surface area contributed by atoms with E-state index in [9.17, 15) is 5.11 Å². The fourth-order valence-electron chi connectivity index (χ4n) is 3.87. The van der Waals surface area contributed by atoms with E-state index in [4.69, 9.17) is 9.72 Å². The summed E-state index contributed by atoms with van der Waals surface area (Å²) < 4.78 is 6.25. The van der Waals surface area contributed by atoms with Gasteiger partial charge in [-0.15, -0.1) is 0 Å². The number of aliphatic hydroxyl groups excluding tert-OH is 1. The van der Waals surface area contributed by atoms with Gasteiger partial charge in [0, 0.05) is 17.3 Å². The van der Waals surface area contributed by atoms with E-state index in [1.807, 2.05) is 43.5 Å². The lowest BCUT2D eigenvalue weighted by molar-refractivity contribution is 0.0672. The largest absolute Gasteiger partial charge is 0.488 e. The number of aromatic nitrogens is 4. The average Bonchev–Trinajstić information content (AvgIpc) is 3.17. The van der Waals surface area contributed by atoms with Crippen LogP contribution in [0.1, 0.15) is 31.2 Å². The van der Waals surface area contributed by atoms with Crippen molar-refractivity contribution in [1.29, 1.82) is 0 Å². The highest BCUT2D eigenvalue weighted by molar-refractivity contribution is 5.86. The van der Waals surface area contributed by atoms with E-state index < -0.39 is 0 Å². The van der Waals surface area contributed by atoms with Gasteiger partial charge in [-0.05, 0) is 56.4 Å². The summed E-state index contributed by atoms with van der Waals surface area (Å²) in [4.78, 5) is 16.6. The predicted octanol–water partition coefficient (Wildman–Crippen LogP) is 4.24. The van der Waals surface area contributed by atoms with Crippen molar-refractivity contribution in [2.45, 2.75) is 44.8 Å². The second-order valence-corrected chi connectivity index (χ2v) is 7.65. The van der Waals surface area contributed by atoms with E-state index in [-0.39, 0.29) is 12.2 Å². The van der Waals surface area contributed by atoms with Gasteiger partial charge in [0.25, 0.3) is 0 Å². The third-order valence-electron chi connectivity index (χ3n) is 5.52. The van der Waals surface area contributed by atoms with Crippen LogP contribution in [0.4, 0.5) is 11.6 Å². The topological polar surface area (TPSA) is 96.0 Å². The molecule has 2 aromatic heterocycles. The summed E-state index contributed by atoms with van der Waals surface area (Å²) in [5.74, 6) is 1.28. The highest BCUT2D eigenvalue weighted by Gasteiger charge is 2.21. The Kier molecular flexibility index (Phi) is 4.52. The number of ether oxygens (including phenoxy) is 1. The number of hydrogen-bond donors (Lipinski definition) is 3. The Bertz CT molecular complexity index is 1160. The summed E-state index contributed by atoms with van der Waals surface area (Å²) in [6, 6.07) is 9.94. The fraction of sp³-hybridized carbons (Fsp3) is 0.318. The lowest BCUT2D eigenvalue weighted by Gasteiger charge is -2.26. The van der Waals surface area contributed by atoms with Gasteiger partial charge in [0.1, 0.15) is 11.3 Å². The predicted molar refractivity (Wildman–Crippen MR) is 113 cm³/mol. The number of imidazole rings is 1. The molecule has 3 N–H and O–H groups in total. The summed E-state index contributed by atoms with van der Waals surface area (Å²) in [5, 5.41) is 14.0. The molecule has 7 heteroatoms. The Hall–Kier alpha value is -3.19. The molecule has 0 aliphatic heterocycles. The first-order chi connectivity index (χ1) is 14.2. The van der Waals surface area contributed by atoms with Gasteiger partial charge in [-0.25, -0.2) is 15.0 Å². The van der Waals surface area contributed by atoms with Crippen molar-refractivity contribution < 1.29 is 9.84 Å². The standard InChI is InChI=1S/C22H23N5O2/c1-13-9-18-19(25-12-24-18)10-17(13)26-22-23-11-14-3-2-4-20(21(14)27-22)29-16-7-5-15(28)6-8-16/h2-4,9-12,15-16,28H,5-8H2,1H3,(H,24,25)(H,23,26,27)/t15-,16+. The zero-order valence-corrected chi connectivity index (χ0v) is 16.2. The van der Waals surface area contributed by atoms with Crippen LogP contribution in [0.25, 0.3) is 21.9 Å². The molecule has 0 unspecified atom stereocenters. The van der Waals surface area contributed by atoms with Crippen LogP contribution in [0.5, 0.6) is 5.75 Å². The van der Waals surface area contributed by atoms with Gasteiger partial charge in [-0.2, -0.15) is 0 Å². The van der Waals surface area contributed by atoms with E-state index in [1.165, 1.54) is 0 Å². The number of benzene rings is 2. The van der Waals surface area contributed by atoms with Crippen molar-refractivity contribution in [2.75, 3.05) is 5.32 Å². The van der Waals surface area contributed by atoms with Crippen LogP contribution in [0, 0.1) is 6.92 Å². The quantitative estimate of drug-likeness (QED) is 0.483. The smallest absolute Gasteiger partial charge is 0.227 e. The summed E-state index contributed by atoms with van der Waals surface area (Å²) in [6.45, 7) is 2.03. The molecule has 148 valence electrons. The van der Waals surface area contributed by atoms with Crippen LogP contribution in [0.3, 0.4) is 0 Å². The molecule has 5 rings (SSSR count). The number of rotatable bonds is 4. The van der Waals surface area contributed by atoms with Gasteiger partial charge in [-0.1, -0.05) is 12.1 Å².